The number of fused-ring (bicyclic) bond motifs is 1. The fourth-order valence-electron chi connectivity index (χ4n) is 3.31. The Hall–Kier alpha value is -3.64. The number of hydrogen-bond donors (Lipinski definition) is 1. The molecule has 0 spiro atoms. The Balaban J connectivity index is 2.05. The van der Waals surface area contributed by atoms with E-state index in [0.717, 1.165) is 18.6 Å². The van der Waals surface area contributed by atoms with Crippen molar-refractivity contribution in [2.24, 2.45) is 0 Å². The van der Waals surface area contributed by atoms with Crippen molar-refractivity contribution in [3.8, 4) is 5.75 Å². The summed E-state index contributed by atoms with van der Waals surface area (Å²) in [6.07, 6.45) is -3.44. The molecule has 0 saturated heterocycles. The van der Waals surface area contributed by atoms with Crippen molar-refractivity contribution < 1.29 is 22.8 Å². The van der Waals surface area contributed by atoms with E-state index in [2.05, 4.69) is 9.97 Å². The number of nitro benzene ring substituents is 1. The monoisotopic (exact) mass is 455 g/mol. The third kappa shape index (κ3) is 4.36. The molecule has 13 heteroatoms. The molecule has 172 valence electrons. The summed E-state index contributed by atoms with van der Waals surface area (Å²) in [6, 6.07) is 2.16. The molecule has 0 amide bonds. The van der Waals surface area contributed by atoms with Gasteiger partial charge in [-0.25, -0.2) is 9.78 Å². The molecule has 32 heavy (non-hydrogen) atoms. The smallest absolute Gasteiger partial charge is 0.420 e. The fraction of sp³-hybridized carbons (Fsp3) is 0.421. The molecule has 0 atom stereocenters. The van der Waals surface area contributed by atoms with E-state index in [1.165, 1.54) is 9.13 Å². The molecule has 2 aromatic heterocycles. The molecule has 0 aliphatic rings. The van der Waals surface area contributed by atoms with Crippen molar-refractivity contribution in [1.82, 2.24) is 19.1 Å². The van der Waals surface area contributed by atoms with Crippen LogP contribution in [-0.4, -0.2) is 24.0 Å². The van der Waals surface area contributed by atoms with Crippen LogP contribution in [0.4, 0.5) is 18.9 Å². The lowest BCUT2D eigenvalue weighted by Gasteiger charge is -2.14. The minimum Gasteiger partial charge on any atom is -0.485 e. The summed E-state index contributed by atoms with van der Waals surface area (Å²) < 4.78 is 48.3. The van der Waals surface area contributed by atoms with Crippen LogP contribution in [0.15, 0.2) is 27.8 Å². The highest BCUT2D eigenvalue weighted by Gasteiger charge is 2.36. The van der Waals surface area contributed by atoms with Crippen LogP contribution in [0.3, 0.4) is 0 Å². The van der Waals surface area contributed by atoms with Gasteiger partial charge in [-0.3, -0.25) is 24.5 Å². The Kier molecular flexibility index (Phi) is 6.37. The summed E-state index contributed by atoms with van der Waals surface area (Å²) in [6.45, 7) is 3.74. The largest absolute Gasteiger partial charge is 0.485 e. The summed E-state index contributed by atoms with van der Waals surface area (Å²) in [5.41, 5.74) is -3.09. The molecule has 0 radical (unpaired) electrons. The average Bonchev–Trinajstić information content (AvgIpc) is 3.10. The lowest BCUT2D eigenvalue weighted by Crippen LogP contribution is -2.31. The number of ether oxygens (including phenoxy) is 1. The first-order valence-electron chi connectivity index (χ1n) is 9.79. The number of alkyl halides is 3. The number of unbranched alkanes of at least 4 members (excludes halogenated alkanes) is 1. The molecule has 10 nitrogen and oxygen atoms in total. The highest BCUT2D eigenvalue weighted by Crippen LogP contribution is 2.38. The Morgan fingerprint density at radius 2 is 1.94 bits per heavy atom. The minimum atomic E-state index is -4.88. The van der Waals surface area contributed by atoms with E-state index in [1.54, 1.807) is 6.92 Å². The number of non-ortho nitro benzene ring substituents is 1. The summed E-state index contributed by atoms with van der Waals surface area (Å²) >= 11 is 0. The Bertz CT molecular complexity index is 1280. The van der Waals surface area contributed by atoms with Gasteiger partial charge in [0.1, 0.15) is 23.7 Å². The number of imidazole rings is 1. The number of hydrogen-bond acceptors (Lipinski definition) is 6. The van der Waals surface area contributed by atoms with E-state index in [9.17, 15) is 32.9 Å². The fourth-order valence-corrected chi connectivity index (χ4v) is 3.31. The second-order valence-electron chi connectivity index (χ2n) is 6.93. The summed E-state index contributed by atoms with van der Waals surface area (Å²) in [7, 11) is 0. The van der Waals surface area contributed by atoms with Crippen LogP contribution in [0, 0.1) is 10.1 Å². The van der Waals surface area contributed by atoms with E-state index < -0.39 is 46.0 Å². The van der Waals surface area contributed by atoms with E-state index in [0.29, 0.717) is 19.0 Å². The van der Waals surface area contributed by atoms with Crippen molar-refractivity contribution in [3.05, 3.63) is 60.5 Å². The zero-order valence-electron chi connectivity index (χ0n) is 17.2. The number of aryl methyl sites for hydroxylation is 2. The van der Waals surface area contributed by atoms with Gasteiger partial charge in [0.25, 0.3) is 11.2 Å². The van der Waals surface area contributed by atoms with Crippen LogP contribution in [0.5, 0.6) is 5.75 Å². The van der Waals surface area contributed by atoms with Gasteiger partial charge < -0.3 is 9.30 Å². The number of benzene rings is 1. The number of nitrogens with one attached hydrogen (secondary N) is 1. The van der Waals surface area contributed by atoms with Crippen molar-refractivity contribution in [2.75, 3.05) is 0 Å². The third-order valence-electron chi connectivity index (χ3n) is 4.85. The topological polar surface area (TPSA) is 125 Å². The van der Waals surface area contributed by atoms with Gasteiger partial charge in [-0.1, -0.05) is 13.3 Å². The molecule has 0 unspecified atom stereocenters. The van der Waals surface area contributed by atoms with E-state index >= 15 is 0 Å². The number of halogens is 3. The molecular weight excluding hydrogens is 435 g/mol. The molecule has 3 aromatic rings. The van der Waals surface area contributed by atoms with Crippen molar-refractivity contribution >= 4 is 16.9 Å². The predicted octanol–water partition coefficient (Wildman–Crippen LogP) is 3.21. The second kappa shape index (κ2) is 8.85. The summed E-state index contributed by atoms with van der Waals surface area (Å²) in [4.78, 5) is 41.1. The third-order valence-corrected chi connectivity index (χ3v) is 4.85. The molecular formula is C19H20F3N5O5. The van der Waals surface area contributed by atoms with Crippen LogP contribution in [-0.2, 0) is 25.9 Å². The maximum Gasteiger partial charge on any atom is 0.420 e. The number of aromatic nitrogens is 4. The van der Waals surface area contributed by atoms with Crippen LogP contribution in [0.2, 0.25) is 0 Å². The molecule has 0 saturated carbocycles. The number of nitro groups is 1. The Morgan fingerprint density at radius 1 is 1.22 bits per heavy atom. The van der Waals surface area contributed by atoms with E-state index in [1.807, 2.05) is 6.92 Å². The quantitative estimate of drug-likeness (QED) is 0.411. The molecule has 3 rings (SSSR count). The Morgan fingerprint density at radius 3 is 2.53 bits per heavy atom. The molecule has 1 aromatic carbocycles. The molecule has 1 N–H and O–H groups in total. The number of rotatable bonds is 8. The van der Waals surface area contributed by atoms with Crippen LogP contribution >= 0.6 is 0 Å². The van der Waals surface area contributed by atoms with Gasteiger partial charge in [-0.15, -0.1) is 0 Å². The number of aromatic amines is 1. The van der Waals surface area contributed by atoms with Crippen LogP contribution in [0.1, 0.15) is 38.1 Å². The van der Waals surface area contributed by atoms with Gasteiger partial charge in [-0.2, -0.15) is 13.2 Å². The summed E-state index contributed by atoms with van der Waals surface area (Å²) in [5.74, 6) is -0.481. The van der Waals surface area contributed by atoms with E-state index in [-0.39, 0.29) is 23.5 Å². The molecule has 0 bridgehead atoms. The van der Waals surface area contributed by atoms with Crippen LogP contribution in [0.25, 0.3) is 11.2 Å². The van der Waals surface area contributed by atoms with Gasteiger partial charge in [0.15, 0.2) is 11.2 Å². The van der Waals surface area contributed by atoms with E-state index in [4.69, 9.17) is 4.74 Å². The first kappa shape index (κ1) is 23.0. The highest BCUT2D eigenvalue weighted by atomic mass is 19.4. The predicted molar refractivity (Wildman–Crippen MR) is 108 cm³/mol. The lowest BCUT2D eigenvalue weighted by molar-refractivity contribution is -0.385. The Labute approximate surface area is 178 Å². The maximum atomic E-state index is 13.4. The molecule has 0 fully saturated rings. The van der Waals surface area contributed by atoms with Gasteiger partial charge in [0, 0.05) is 25.2 Å². The van der Waals surface area contributed by atoms with Gasteiger partial charge in [0.2, 0.25) is 0 Å². The number of H-pyrrole nitrogens is 1. The minimum absolute atomic E-state index is 0.113. The average molecular weight is 455 g/mol. The zero-order valence-corrected chi connectivity index (χ0v) is 17.2. The first-order valence-corrected chi connectivity index (χ1v) is 9.79. The normalized spacial score (nSPS) is 11.8. The molecule has 2 heterocycles. The summed E-state index contributed by atoms with van der Waals surface area (Å²) in [5, 5.41) is 10.8. The molecule has 0 aliphatic heterocycles. The van der Waals surface area contributed by atoms with Gasteiger partial charge >= 0.3 is 11.9 Å². The van der Waals surface area contributed by atoms with Crippen molar-refractivity contribution in [1.29, 1.82) is 0 Å². The van der Waals surface area contributed by atoms with Crippen molar-refractivity contribution in [3.63, 3.8) is 0 Å². The standard InChI is InChI=1S/C19H20F3N5O5/c1-3-5-8-26-16-15(17(28)24-18(26)29)25(4-2)14(23-16)10-32-13-7-6-11(27(30)31)9-12(13)19(20,21)22/h6-7,9H,3-5,8,10H2,1-2H3,(H,24,28,29). The number of nitrogens with zero attached hydrogens (tertiary/aromatic N) is 4. The lowest BCUT2D eigenvalue weighted by atomic mass is 10.1. The van der Waals surface area contributed by atoms with Crippen molar-refractivity contribution in [2.45, 2.75) is 52.6 Å². The van der Waals surface area contributed by atoms with Gasteiger partial charge in [0.05, 0.1) is 4.92 Å². The van der Waals surface area contributed by atoms with Crippen LogP contribution < -0.4 is 16.0 Å². The highest BCUT2D eigenvalue weighted by molar-refractivity contribution is 5.71. The maximum absolute atomic E-state index is 13.4. The SMILES string of the molecule is CCCCn1c(=O)[nH]c(=O)c2c1nc(COc1ccc([N+](=O)[O-])cc1C(F)(F)F)n2CC. The first-order chi connectivity index (χ1) is 15.1. The molecule has 0 aliphatic carbocycles. The van der Waals surface area contributed by atoms with Gasteiger partial charge in [-0.05, 0) is 19.4 Å². The second-order valence-corrected chi connectivity index (χ2v) is 6.93. The zero-order chi connectivity index (χ0) is 23.6.